The lowest BCUT2D eigenvalue weighted by Gasteiger charge is -2.17. The smallest absolute Gasteiger partial charge is 0.303 e. The van der Waals surface area contributed by atoms with Crippen LogP contribution in [0.2, 0.25) is 5.02 Å². The van der Waals surface area contributed by atoms with E-state index in [0.29, 0.717) is 17.9 Å². The molecule has 8 heteroatoms. The van der Waals surface area contributed by atoms with Gasteiger partial charge in [-0.2, -0.15) is 0 Å². The van der Waals surface area contributed by atoms with E-state index in [1.54, 1.807) is 12.1 Å². The molecule has 3 rings (SSSR count). The van der Waals surface area contributed by atoms with Gasteiger partial charge < -0.3 is 5.11 Å². The van der Waals surface area contributed by atoms with E-state index in [9.17, 15) is 22.7 Å². The number of carbonyl (C=O) groups is 1. The van der Waals surface area contributed by atoms with E-state index in [1.807, 2.05) is 24.3 Å². The zero-order valence-corrected chi connectivity index (χ0v) is 18.7. The fourth-order valence-corrected chi connectivity index (χ4v) is 4.63. The lowest BCUT2D eigenvalue weighted by Crippen LogP contribution is -2.26. The summed E-state index contributed by atoms with van der Waals surface area (Å²) in [7, 11) is -3.72. The quantitative estimate of drug-likeness (QED) is 0.432. The Kier molecular flexibility index (Phi) is 8.01. The van der Waals surface area contributed by atoms with Crippen LogP contribution >= 0.6 is 11.6 Å². The van der Waals surface area contributed by atoms with Gasteiger partial charge in [-0.05, 0) is 71.8 Å². The first-order chi connectivity index (χ1) is 15.2. The summed E-state index contributed by atoms with van der Waals surface area (Å²) in [6, 6.07) is 19.6. The summed E-state index contributed by atoms with van der Waals surface area (Å²) in [5, 5.41) is 9.79. The zero-order valence-electron chi connectivity index (χ0n) is 17.2. The Morgan fingerprint density at radius 1 is 1.00 bits per heavy atom. The monoisotopic (exact) mass is 475 g/mol. The van der Waals surface area contributed by atoms with Crippen LogP contribution in [-0.2, 0) is 21.2 Å². The highest BCUT2D eigenvalue weighted by atomic mass is 35.5. The Bertz CT molecular complexity index is 1170. The van der Waals surface area contributed by atoms with Crippen LogP contribution in [0, 0.1) is 5.82 Å². The molecule has 3 aromatic rings. The number of carboxylic acid groups (broad SMARTS) is 1. The van der Waals surface area contributed by atoms with Gasteiger partial charge in [0.1, 0.15) is 5.82 Å². The SMILES string of the molecule is O=C(O)CC(CCNS(=O)(=O)c1ccc(Cl)cc1)c1cccc(Cc2ccc(F)cc2)c1. The lowest BCUT2D eigenvalue weighted by atomic mass is 9.90. The van der Waals surface area contributed by atoms with Crippen molar-refractivity contribution in [3.63, 3.8) is 0 Å². The summed E-state index contributed by atoms with van der Waals surface area (Å²) in [6.45, 7) is 0.0884. The van der Waals surface area contributed by atoms with E-state index < -0.39 is 16.0 Å². The van der Waals surface area contributed by atoms with Gasteiger partial charge in [-0.3, -0.25) is 4.79 Å². The summed E-state index contributed by atoms with van der Waals surface area (Å²) in [6.07, 6.45) is 0.777. The van der Waals surface area contributed by atoms with E-state index >= 15 is 0 Å². The normalized spacial score (nSPS) is 12.4. The molecule has 0 spiro atoms. The van der Waals surface area contributed by atoms with Gasteiger partial charge in [0.2, 0.25) is 10.0 Å². The second-order valence-corrected chi connectivity index (χ2v) is 9.69. The molecule has 0 bridgehead atoms. The molecule has 0 radical (unpaired) electrons. The van der Waals surface area contributed by atoms with Crippen molar-refractivity contribution >= 4 is 27.6 Å². The third-order valence-corrected chi connectivity index (χ3v) is 6.80. The van der Waals surface area contributed by atoms with Gasteiger partial charge in [0.15, 0.2) is 0 Å². The van der Waals surface area contributed by atoms with Crippen molar-refractivity contribution in [2.24, 2.45) is 0 Å². The number of hydrogen-bond acceptors (Lipinski definition) is 3. The number of nitrogens with one attached hydrogen (secondary N) is 1. The van der Waals surface area contributed by atoms with Gasteiger partial charge in [0, 0.05) is 11.6 Å². The number of rotatable bonds is 10. The number of hydrogen-bond donors (Lipinski definition) is 2. The minimum atomic E-state index is -3.72. The molecule has 1 atom stereocenters. The van der Waals surface area contributed by atoms with Crippen LogP contribution in [0.1, 0.15) is 35.4 Å². The first-order valence-electron chi connectivity index (χ1n) is 10.0. The molecule has 1 unspecified atom stereocenters. The largest absolute Gasteiger partial charge is 0.481 e. The van der Waals surface area contributed by atoms with E-state index in [2.05, 4.69) is 4.72 Å². The molecule has 2 N–H and O–H groups in total. The third-order valence-electron chi connectivity index (χ3n) is 5.07. The third kappa shape index (κ3) is 6.88. The van der Waals surface area contributed by atoms with Gasteiger partial charge >= 0.3 is 5.97 Å². The molecule has 0 aromatic heterocycles. The van der Waals surface area contributed by atoms with Crippen molar-refractivity contribution in [2.45, 2.75) is 30.1 Å². The van der Waals surface area contributed by atoms with Crippen LogP contribution in [-0.4, -0.2) is 26.0 Å². The summed E-state index contributed by atoms with van der Waals surface area (Å²) < 4.78 is 40.6. The molecular formula is C24H23ClFNO4S. The van der Waals surface area contributed by atoms with Crippen LogP contribution in [0.3, 0.4) is 0 Å². The standard InChI is InChI=1S/C24H23ClFNO4S/c25-21-6-10-23(11-7-21)32(30,31)27-13-12-20(16-24(28)29)19-3-1-2-18(15-19)14-17-4-8-22(26)9-5-17/h1-11,15,20,27H,12-14,16H2,(H,28,29). The van der Waals surface area contributed by atoms with E-state index in [-0.39, 0.29) is 29.6 Å². The minimum absolute atomic E-state index is 0.0884. The number of aliphatic carboxylic acids is 1. The Hall–Kier alpha value is -2.74. The minimum Gasteiger partial charge on any atom is -0.481 e. The van der Waals surface area contributed by atoms with Crippen molar-refractivity contribution in [3.05, 3.63) is 100 Å². The molecular weight excluding hydrogens is 453 g/mol. The maximum absolute atomic E-state index is 13.1. The first-order valence-corrected chi connectivity index (χ1v) is 11.9. The molecule has 3 aromatic carbocycles. The molecule has 32 heavy (non-hydrogen) atoms. The average molecular weight is 476 g/mol. The van der Waals surface area contributed by atoms with Crippen molar-refractivity contribution < 1.29 is 22.7 Å². The van der Waals surface area contributed by atoms with Crippen molar-refractivity contribution in [1.29, 1.82) is 0 Å². The Morgan fingerprint density at radius 2 is 1.69 bits per heavy atom. The van der Waals surface area contributed by atoms with Crippen LogP contribution in [0.5, 0.6) is 0 Å². The molecule has 0 aliphatic rings. The second kappa shape index (κ2) is 10.7. The molecule has 0 heterocycles. The molecule has 0 saturated carbocycles. The molecule has 0 saturated heterocycles. The van der Waals surface area contributed by atoms with Gasteiger partial charge in [0.25, 0.3) is 0 Å². The Labute approximate surface area is 191 Å². The summed E-state index contributed by atoms with van der Waals surface area (Å²) in [4.78, 5) is 11.5. The molecule has 168 valence electrons. The van der Waals surface area contributed by atoms with Crippen LogP contribution < -0.4 is 4.72 Å². The van der Waals surface area contributed by atoms with Gasteiger partial charge in [-0.25, -0.2) is 17.5 Å². The number of halogens is 2. The molecule has 5 nitrogen and oxygen atoms in total. The molecule has 0 amide bonds. The van der Waals surface area contributed by atoms with Crippen LogP contribution in [0.4, 0.5) is 4.39 Å². The van der Waals surface area contributed by atoms with Crippen LogP contribution in [0.15, 0.2) is 77.7 Å². The average Bonchev–Trinajstić information content (AvgIpc) is 2.75. The van der Waals surface area contributed by atoms with E-state index in [4.69, 9.17) is 11.6 Å². The molecule has 0 aliphatic heterocycles. The van der Waals surface area contributed by atoms with Crippen molar-refractivity contribution in [2.75, 3.05) is 6.54 Å². The second-order valence-electron chi connectivity index (χ2n) is 7.48. The number of sulfonamides is 1. The highest BCUT2D eigenvalue weighted by Crippen LogP contribution is 2.25. The summed E-state index contributed by atoms with van der Waals surface area (Å²) in [5.74, 6) is -1.63. The van der Waals surface area contributed by atoms with Gasteiger partial charge in [-0.1, -0.05) is 48.0 Å². The molecule has 0 aliphatic carbocycles. The van der Waals surface area contributed by atoms with E-state index in [0.717, 1.165) is 16.7 Å². The first kappa shape index (κ1) is 23.9. The van der Waals surface area contributed by atoms with Gasteiger partial charge in [-0.15, -0.1) is 0 Å². The van der Waals surface area contributed by atoms with Crippen molar-refractivity contribution in [3.8, 4) is 0 Å². The topological polar surface area (TPSA) is 83.5 Å². The van der Waals surface area contributed by atoms with Crippen molar-refractivity contribution in [1.82, 2.24) is 4.72 Å². The fourth-order valence-electron chi connectivity index (χ4n) is 3.46. The fraction of sp³-hybridized carbons (Fsp3) is 0.208. The number of benzene rings is 3. The predicted octanol–water partition coefficient (Wildman–Crippen LogP) is 5.00. The van der Waals surface area contributed by atoms with Crippen LogP contribution in [0.25, 0.3) is 0 Å². The maximum atomic E-state index is 13.1. The molecule has 0 fully saturated rings. The predicted molar refractivity (Wildman–Crippen MR) is 122 cm³/mol. The zero-order chi connectivity index (χ0) is 23.1. The summed E-state index contributed by atoms with van der Waals surface area (Å²) >= 11 is 5.81. The Balaban J connectivity index is 1.70. The number of carboxylic acids is 1. The van der Waals surface area contributed by atoms with Gasteiger partial charge in [0.05, 0.1) is 11.3 Å². The summed E-state index contributed by atoms with van der Waals surface area (Å²) in [5.41, 5.74) is 2.72. The highest BCUT2D eigenvalue weighted by molar-refractivity contribution is 7.89. The lowest BCUT2D eigenvalue weighted by molar-refractivity contribution is -0.137. The highest BCUT2D eigenvalue weighted by Gasteiger charge is 2.19. The van der Waals surface area contributed by atoms with E-state index in [1.165, 1.54) is 36.4 Å². The maximum Gasteiger partial charge on any atom is 0.303 e. The Morgan fingerprint density at radius 3 is 2.34 bits per heavy atom.